The van der Waals surface area contributed by atoms with E-state index >= 15 is 0 Å². The van der Waals surface area contributed by atoms with Gasteiger partial charge in [0.1, 0.15) is 29.8 Å². The van der Waals surface area contributed by atoms with E-state index < -0.39 is 6.10 Å². The number of rotatable bonds is 8. The van der Waals surface area contributed by atoms with Gasteiger partial charge in [-0.25, -0.2) is 9.97 Å². The molecule has 0 unspecified atom stereocenters. The Kier molecular flexibility index (Phi) is 8.82. The van der Waals surface area contributed by atoms with Crippen molar-refractivity contribution >= 4 is 23.2 Å². The Morgan fingerprint density at radius 2 is 1.90 bits per heavy atom. The summed E-state index contributed by atoms with van der Waals surface area (Å²) < 4.78 is 17.3. The van der Waals surface area contributed by atoms with Crippen LogP contribution in [0.25, 0.3) is 11.3 Å². The first-order chi connectivity index (χ1) is 19.9. The first-order valence-electron chi connectivity index (χ1n) is 13.7. The van der Waals surface area contributed by atoms with Gasteiger partial charge < -0.3 is 34.4 Å². The van der Waals surface area contributed by atoms with E-state index in [0.717, 1.165) is 35.8 Å². The molecule has 11 heteroatoms. The Morgan fingerprint density at radius 3 is 2.61 bits per heavy atom. The number of nitriles is 1. The highest BCUT2D eigenvalue weighted by Gasteiger charge is 2.26. The molecule has 0 radical (unpaired) electrons. The summed E-state index contributed by atoms with van der Waals surface area (Å²) in [5.74, 6) is 1.40. The standard InChI is InChI=1S/C30H34N6O5/c1-20(37)29(38)36-11-8-24(9-12-36)41-27-6-3-21(17-22(27)19-31)25-7-10-32-30(34-25)33-23-4-5-26(28(18-23)39-2)35-13-15-40-16-14-35/h3-7,10,17-18,20,24,37H,8-9,11-16H2,1-2H3,(H,32,33,34)/t20-/m0/s1. The van der Waals surface area contributed by atoms with E-state index in [1.807, 2.05) is 24.3 Å². The number of nitrogens with zero attached hydrogens (tertiary/aromatic N) is 5. The van der Waals surface area contributed by atoms with Gasteiger partial charge in [-0.1, -0.05) is 0 Å². The predicted octanol–water partition coefficient (Wildman–Crippen LogP) is 3.35. The van der Waals surface area contributed by atoms with E-state index in [-0.39, 0.29) is 12.0 Å². The van der Waals surface area contributed by atoms with Crippen LogP contribution >= 0.6 is 0 Å². The maximum absolute atomic E-state index is 12.0. The minimum atomic E-state index is -1.01. The normalized spacial score (nSPS) is 16.5. The minimum Gasteiger partial charge on any atom is -0.495 e. The summed E-state index contributed by atoms with van der Waals surface area (Å²) in [6, 6.07) is 15.3. The summed E-state index contributed by atoms with van der Waals surface area (Å²) in [7, 11) is 1.65. The number of hydrogen-bond donors (Lipinski definition) is 2. The van der Waals surface area contributed by atoms with Crippen LogP contribution in [0.15, 0.2) is 48.7 Å². The van der Waals surface area contributed by atoms with Crippen molar-refractivity contribution in [2.45, 2.75) is 32.0 Å². The van der Waals surface area contributed by atoms with Gasteiger partial charge in [-0.2, -0.15) is 5.26 Å². The number of aliphatic hydroxyl groups excluding tert-OH is 1. The molecule has 214 valence electrons. The molecule has 41 heavy (non-hydrogen) atoms. The highest BCUT2D eigenvalue weighted by atomic mass is 16.5. The monoisotopic (exact) mass is 558 g/mol. The van der Waals surface area contributed by atoms with E-state index in [1.165, 1.54) is 6.92 Å². The molecule has 1 amide bonds. The SMILES string of the molecule is COc1cc(Nc2nccc(-c3ccc(OC4CCN(C(=O)[C@H](C)O)CC4)c(C#N)c3)n2)ccc1N1CCOCC1. The van der Waals surface area contributed by atoms with Crippen LogP contribution in [0.2, 0.25) is 0 Å². The van der Waals surface area contributed by atoms with Crippen LogP contribution in [0.5, 0.6) is 11.5 Å². The quantitative estimate of drug-likeness (QED) is 0.424. The van der Waals surface area contributed by atoms with Gasteiger partial charge in [0.05, 0.1) is 37.3 Å². The smallest absolute Gasteiger partial charge is 0.251 e. The number of aliphatic hydroxyl groups is 1. The predicted molar refractivity (Wildman–Crippen MR) is 153 cm³/mol. The number of likely N-dealkylation sites (tertiary alicyclic amines) is 1. The lowest BCUT2D eigenvalue weighted by molar-refractivity contribution is -0.141. The molecule has 11 nitrogen and oxygen atoms in total. The molecule has 2 N–H and O–H groups in total. The zero-order chi connectivity index (χ0) is 28.8. The van der Waals surface area contributed by atoms with Crippen LogP contribution < -0.4 is 19.7 Å². The number of morpholine rings is 1. The van der Waals surface area contributed by atoms with Crippen LogP contribution in [0, 0.1) is 11.3 Å². The molecule has 2 aromatic carbocycles. The fourth-order valence-corrected chi connectivity index (χ4v) is 5.05. The molecule has 0 spiro atoms. The molecular weight excluding hydrogens is 524 g/mol. The van der Waals surface area contributed by atoms with Gasteiger partial charge in [0.25, 0.3) is 5.91 Å². The molecule has 1 aromatic heterocycles. The van der Waals surface area contributed by atoms with Crippen molar-refractivity contribution < 1.29 is 24.1 Å². The molecule has 0 bridgehead atoms. The van der Waals surface area contributed by atoms with E-state index in [0.29, 0.717) is 62.1 Å². The highest BCUT2D eigenvalue weighted by Crippen LogP contribution is 2.33. The molecule has 5 rings (SSSR count). The number of aromatic nitrogens is 2. The molecule has 2 aliphatic heterocycles. The molecule has 1 atom stereocenters. The average molecular weight is 559 g/mol. The molecular formula is C30H34N6O5. The van der Waals surface area contributed by atoms with Crippen molar-refractivity contribution in [2.75, 3.05) is 56.7 Å². The molecule has 0 saturated carbocycles. The second-order valence-corrected chi connectivity index (χ2v) is 10.0. The highest BCUT2D eigenvalue weighted by molar-refractivity contribution is 5.80. The average Bonchev–Trinajstić information content (AvgIpc) is 3.01. The summed E-state index contributed by atoms with van der Waals surface area (Å²) in [6.45, 7) is 5.50. The van der Waals surface area contributed by atoms with Crippen molar-refractivity contribution in [3.8, 4) is 28.8 Å². The summed E-state index contributed by atoms with van der Waals surface area (Å²) in [4.78, 5) is 25.0. The molecule has 3 heterocycles. The summed E-state index contributed by atoms with van der Waals surface area (Å²) in [5, 5.41) is 22.6. The first kappa shape index (κ1) is 28.1. The summed E-state index contributed by atoms with van der Waals surface area (Å²) in [5.41, 5.74) is 3.63. The van der Waals surface area contributed by atoms with Crippen molar-refractivity contribution in [2.24, 2.45) is 0 Å². The van der Waals surface area contributed by atoms with Gasteiger partial charge in [-0.3, -0.25) is 4.79 Å². The van der Waals surface area contributed by atoms with Crippen LogP contribution in [-0.2, 0) is 9.53 Å². The van der Waals surface area contributed by atoms with Gasteiger partial charge in [-0.15, -0.1) is 0 Å². The van der Waals surface area contributed by atoms with Crippen molar-refractivity contribution in [3.63, 3.8) is 0 Å². The zero-order valence-electron chi connectivity index (χ0n) is 23.2. The van der Waals surface area contributed by atoms with Crippen LogP contribution in [0.1, 0.15) is 25.3 Å². The second kappa shape index (κ2) is 12.8. The number of methoxy groups -OCH3 is 1. The number of anilines is 3. The minimum absolute atomic E-state index is 0.118. The third kappa shape index (κ3) is 6.67. The van der Waals surface area contributed by atoms with Gasteiger partial charge in [0, 0.05) is 62.5 Å². The largest absolute Gasteiger partial charge is 0.495 e. The van der Waals surface area contributed by atoms with Crippen molar-refractivity contribution in [1.82, 2.24) is 14.9 Å². The Labute approximate surface area is 239 Å². The molecule has 0 aliphatic carbocycles. The van der Waals surface area contributed by atoms with Crippen molar-refractivity contribution in [3.05, 3.63) is 54.2 Å². The maximum Gasteiger partial charge on any atom is 0.251 e. The molecule has 3 aromatic rings. The fourth-order valence-electron chi connectivity index (χ4n) is 5.05. The Morgan fingerprint density at radius 1 is 1.12 bits per heavy atom. The molecule has 2 aliphatic rings. The maximum atomic E-state index is 12.0. The van der Waals surface area contributed by atoms with Crippen LogP contribution in [0.4, 0.5) is 17.3 Å². The van der Waals surface area contributed by atoms with Crippen LogP contribution in [-0.4, -0.2) is 84.6 Å². The molecule has 2 saturated heterocycles. The lowest BCUT2D eigenvalue weighted by atomic mass is 10.1. The number of ether oxygens (including phenoxy) is 3. The number of carbonyl (C=O) groups is 1. The fraction of sp³-hybridized carbons (Fsp3) is 0.400. The summed E-state index contributed by atoms with van der Waals surface area (Å²) in [6.07, 6.45) is 1.80. The van der Waals surface area contributed by atoms with Gasteiger partial charge in [0.2, 0.25) is 5.95 Å². The second-order valence-electron chi connectivity index (χ2n) is 10.0. The van der Waals surface area contributed by atoms with Gasteiger partial charge in [0.15, 0.2) is 0 Å². The number of piperidine rings is 1. The number of amides is 1. The third-order valence-corrected chi connectivity index (χ3v) is 7.24. The number of carbonyl (C=O) groups excluding carboxylic acids is 1. The van der Waals surface area contributed by atoms with Crippen molar-refractivity contribution in [1.29, 1.82) is 5.26 Å². The summed E-state index contributed by atoms with van der Waals surface area (Å²) >= 11 is 0. The van der Waals surface area contributed by atoms with Crippen LogP contribution in [0.3, 0.4) is 0 Å². The lowest BCUT2D eigenvalue weighted by Crippen LogP contribution is -2.45. The third-order valence-electron chi connectivity index (χ3n) is 7.24. The Balaban J connectivity index is 1.27. The lowest BCUT2D eigenvalue weighted by Gasteiger charge is -2.33. The topological polar surface area (TPSA) is 133 Å². The van der Waals surface area contributed by atoms with Gasteiger partial charge in [-0.05, 0) is 43.3 Å². The van der Waals surface area contributed by atoms with E-state index in [4.69, 9.17) is 14.2 Å². The van der Waals surface area contributed by atoms with E-state index in [2.05, 4.69) is 26.3 Å². The van der Waals surface area contributed by atoms with E-state index in [9.17, 15) is 15.2 Å². The number of benzene rings is 2. The van der Waals surface area contributed by atoms with Gasteiger partial charge >= 0.3 is 0 Å². The Hall–Kier alpha value is -4.40. The first-order valence-corrected chi connectivity index (χ1v) is 13.7. The molecule has 2 fully saturated rings. The zero-order valence-corrected chi connectivity index (χ0v) is 23.2. The number of nitrogens with one attached hydrogen (secondary N) is 1. The number of hydrogen-bond acceptors (Lipinski definition) is 10. The Bertz CT molecular complexity index is 1410. The van der Waals surface area contributed by atoms with E-state index in [1.54, 1.807) is 36.4 Å².